The van der Waals surface area contributed by atoms with Crippen LogP contribution in [-0.4, -0.2) is 27.7 Å². The molecule has 0 bridgehead atoms. The van der Waals surface area contributed by atoms with Crippen molar-refractivity contribution in [3.8, 4) is 0 Å². The highest BCUT2D eigenvalue weighted by atomic mass is 32.2. The van der Waals surface area contributed by atoms with Crippen molar-refractivity contribution in [3.63, 3.8) is 0 Å². The molecule has 3 atom stereocenters. The summed E-state index contributed by atoms with van der Waals surface area (Å²) in [7, 11) is 0. The van der Waals surface area contributed by atoms with Crippen LogP contribution in [0.25, 0.3) is 0 Å². The number of carboxylic acids is 1. The highest BCUT2D eigenvalue weighted by Gasteiger charge is 2.47. The molecule has 86 valence electrons. The normalized spacial score (nSPS) is 40.9. The zero-order valence-electron chi connectivity index (χ0n) is 9.16. The van der Waals surface area contributed by atoms with E-state index in [1.165, 1.54) is 19.3 Å². The first kappa shape index (κ1) is 11.3. The molecular weight excluding hydrogens is 210 g/mol. The first-order valence-corrected chi connectivity index (χ1v) is 6.81. The number of hydrogen-bond donors (Lipinski definition) is 2. The molecule has 4 heteroatoms. The van der Waals surface area contributed by atoms with Crippen molar-refractivity contribution in [2.24, 2.45) is 5.92 Å². The molecular formula is C11H19NO2S. The minimum atomic E-state index is -0.695. The Morgan fingerprint density at radius 1 is 1.60 bits per heavy atom. The van der Waals surface area contributed by atoms with Crippen LogP contribution in [0.2, 0.25) is 0 Å². The third kappa shape index (κ3) is 2.02. The van der Waals surface area contributed by atoms with Crippen molar-refractivity contribution < 1.29 is 9.90 Å². The van der Waals surface area contributed by atoms with Gasteiger partial charge in [-0.2, -0.15) is 0 Å². The maximum Gasteiger partial charge on any atom is 0.321 e. The van der Waals surface area contributed by atoms with Crippen LogP contribution in [0.15, 0.2) is 0 Å². The van der Waals surface area contributed by atoms with Crippen LogP contribution in [0, 0.1) is 5.92 Å². The maximum atomic E-state index is 10.9. The van der Waals surface area contributed by atoms with Gasteiger partial charge in [-0.25, -0.2) is 0 Å². The average Bonchev–Trinajstić information content (AvgIpc) is 2.64. The largest absolute Gasteiger partial charge is 0.480 e. The predicted octanol–water partition coefficient (Wildman–Crippen LogP) is 2.07. The van der Waals surface area contributed by atoms with Crippen LogP contribution in [0.4, 0.5) is 0 Å². The molecule has 2 N–H and O–H groups in total. The summed E-state index contributed by atoms with van der Waals surface area (Å²) in [4.78, 5) is 11.0. The minimum Gasteiger partial charge on any atom is -0.480 e. The summed E-state index contributed by atoms with van der Waals surface area (Å²) in [6.07, 6.45) is 6.10. The van der Waals surface area contributed by atoms with Crippen LogP contribution in [0.5, 0.6) is 0 Å². The number of hydrogen-bond acceptors (Lipinski definition) is 3. The Hall–Kier alpha value is -0.220. The zero-order chi connectivity index (χ0) is 10.9. The second-order valence-corrected chi connectivity index (χ2v) is 5.94. The van der Waals surface area contributed by atoms with Gasteiger partial charge in [-0.05, 0) is 18.8 Å². The van der Waals surface area contributed by atoms with E-state index in [0.717, 1.165) is 18.6 Å². The van der Waals surface area contributed by atoms with Crippen molar-refractivity contribution in [1.82, 2.24) is 5.32 Å². The first-order valence-electron chi connectivity index (χ1n) is 5.82. The van der Waals surface area contributed by atoms with Crippen molar-refractivity contribution in [2.75, 3.05) is 5.75 Å². The lowest BCUT2D eigenvalue weighted by atomic mass is 9.82. The van der Waals surface area contributed by atoms with Crippen molar-refractivity contribution in [3.05, 3.63) is 0 Å². The fraction of sp³-hybridized carbons (Fsp3) is 0.909. The van der Waals surface area contributed by atoms with Gasteiger partial charge in [0.2, 0.25) is 0 Å². The minimum absolute atomic E-state index is 0.0794. The third-order valence-electron chi connectivity index (χ3n) is 3.73. The molecule has 2 aliphatic rings. The lowest BCUT2D eigenvalue weighted by Crippen LogP contribution is -2.51. The van der Waals surface area contributed by atoms with Gasteiger partial charge in [0.1, 0.15) is 6.04 Å². The lowest BCUT2D eigenvalue weighted by Gasteiger charge is -2.40. The van der Waals surface area contributed by atoms with E-state index in [2.05, 4.69) is 12.2 Å². The number of carboxylic acid groups (broad SMARTS) is 1. The summed E-state index contributed by atoms with van der Waals surface area (Å²) in [6, 6.07) is -0.331. The Balaban J connectivity index is 2.09. The quantitative estimate of drug-likeness (QED) is 0.761. The van der Waals surface area contributed by atoms with Crippen LogP contribution < -0.4 is 5.32 Å². The first-order chi connectivity index (χ1) is 7.18. The van der Waals surface area contributed by atoms with Crippen LogP contribution in [0.3, 0.4) is 0 Å². The standard InChI is InChI=1S/C11H19NO2S/c1-2-8-5-3-4-6-11(8)12-9(7-15-11)10(13)14/h8-9,12H,2-7H2,1H3,(H,13,14). The summed E-state index contributed by atoms with van der Waals surface area (Å²) in [5.74, 6) is 0.687. The third-order valence-corrected chi connectivity index (χ3v) is 5.40. The zero-order valence-corrected chi connectivity index (χ0v) is 9.98. The molecule has 3 unspecified atom stereocenters. The van der Waals surface area contributed by atoms with Crippen LogP contribution in [0.1, 0.15) is 39.0 Å². The summed E-state index contributed by atoms with van der Waals surface area (Å²) >= 11 is 1.84. The van der Waals surface area contributed by atoms with Gasteiger partial charge >= 0.3 is 5.97 Å². The Bertz CT molecular complexity index is 259. The number of thioether (sulfide) groups is 1. The van der Waals surface area contributed by atoms with Crippen molar-refractivity contribution >= 4 is 17.7 Å². The molecule has 2 rings (SSSR count). The molecule has 0 aromatic rings. The number of aliphatic carboxylic acids is 1. The topological polar surface area (TPSA) is 49.3 Å². The average molecular weight is 229 g/mol. The van der Waals surface area contributed by atoms with E-state index in [-0.39, 0.29) is 10.9 Å². The van der Waals surface area contributed by atoms with Crippen LogP contribution >= 0.6 is 11.8 Å². The van der Waals surface area contributed by atoms with E-state index >= 15 is 0 Å². The van der Waals surface area contributed by atoms with Gasteiger partial charge in [0.15, 0.2) is 0 Å². The van der Waals surface area contributed by atoms with Gasteiger partial charge in [0.25, 0.3) is 0 Å². The van der Waals surface area contributed by atoms with E-state index in [4.69, 9.17) is 5.11 Å². The van der Waals surface area contributed by atoms with E-state index in [9.17, 15) is 4.79 Å². The van der Waals surface area contributed by atoms with Gasteiger partial charge in [0, 0.05) is 5.75 Å². The number of carbonyl (C=O) groups is 1. The lowest BCUT2D eigenvalue weighted by molar-refractivity contribution is -0.139. The summed E-state index contributed by atoms with van der Waals surface area (Å²) < 4.78 is 0. The Labute approximate surface area is 95.0 Å². The summed E-state index contributed by atoms with van der Waals surface area (Å²) in [5, 5.41) is 12.4. The Morgan fingerprint density at radius 3 is 3.00 bits per heavy atom. The molecule has 0 aromatic carbocycles. The highest BCUT2D eigenvalue weighted by Crippen LogP contribution is 2.47. The van der Waals surface area contributed by atoms with E-state index in [1.807, 2.05) is 11.8 Å². The fourth-order valence-electron chi connectivity index (χ4n) is 2.87. The smallest absolute Gasteiger partial charge is 0.321 e. The molecule has 0 aromatic heterocycles. The van der Waals surface area contributed by atoms with Crippen LogP contribution in [-0.2, 0) is 4.79 Å². The molecule has 3 nitrogen and oxygen atoms in total. The van der Waals surface area contributed by atoms with E-state index in [1.54, 1.807) is 0 Å². The molecule has 2 fully saturated rings. The van der Waals surface area contributed by atoms with Gasteiger partial charge < -0.3 is 5.11 Å². The molecule has 1 spiro atoms. The monoisotopic (exact) mass is 229 g/mol. The molecule has 1 aliphatic carbocycles. The predicted molar refractivity (Wildman–Crippen MR) is 62.0 cm³/mol. The van der Waals surface area contributed by atoms with Gasteiger partial charge in [-0.3, -0.25) is 10.1 Å². The second kappa shape index (κ2) is 4.34. The molecule has 0 amide bonds. The Kier molecular flexibility index (Phi) is 3.26. The molecule has 0 radical (unpaired) electrons. The SMILES string of the molecule is CCC1CCCCC12NC(C(=O)O)CS2. The number of rotatable bonds is 2. The molecule has 1 heterocycles. The van der Waals surface area contributed by atoms with Crippen molar-refractivity contribution in [1.29, 1.82) is 0 Å². The highest BCUT2D eigenvalue weighted by molar-refractivity contribution is 8.01. The van der Waals surface area contributed by atoms with E-state index in [0.29, 0.717) is 5.92 Å². The van der Waals surface area contributed by atoms with Crippen molar-refractivity contribution in [2.45, 2.75) is 49.9 Å². The van der Waals surface area contributed by atoms with Gasteiger partial charge in [0.05, 0.1) is 4.87 Å². The van der Waals surface area contributed by atoms with Gasteiger partial charge in [-0.1, -0.05) is 26.2 Å². The summed E-state index contributed by atoms with van der Waals surface area (Å²) in [6.45, 7) is 2.22. The van der Waals surface area contributed by atoms with Gasteiger partial charge in [-0.15, -0.1) is 11.8 Å². The molecule has 1 saturated carbocycles. The fourth-order valence-corrected chi connectivity index (χ4v) is 4.60. The summed E-state index contributed by atoms with van der Waals surface area (Å²) in [5.41, 5.74) is 0. The molecule has 15 heavy (non-hydrogen) atoms. The Morgan fingerprint density at radius 2 is 2.40 bits per heavy atom. The maximum absolute atomic E-state index is 10.9. The molecule has 1 aliphatic heterocycles. The second-order valence-electron chi connectivity index (χ2n) is 4.59. The molecule has 1 saturated heterocycles. The number of nitrogens with one attached hydrogen (secondary N) is 1. The van der Waals surface area contributed by atoms with E-state index < -0.39 is 5.97 Å².